The second-order valence-electron chi connectivity index (χ2n) is 8.05. The van der Waals surface area contributed by atoms with Gasteiger partial charge in [0.25, 0.3) is 0 Å². The monoisotopic (exact) mass is 417 g/mol. The molecule has 4 rings (SSSR count). The Kier molecular flexibility index (Phi) is 6.77. The zero-order valence-electron chi connectivity index (χ0n) is 17.6. The van der Waals surface area contributed by atoms with Crippen molar-refractivity contribution >= 4 is 23.3 Å². The Morgan fingerprint density at radius 2 is 2.17 bits per heavy atom. The van der Waals surface area contributed by atoms with E-state index in [2.05, 4.69) is 29.8 Å². The summed E-state index contributed by atoms with van der Waals surface area (Å²) in [5.41, 5.74) is 1.13. The maximum absolute atomic E-state index is 6.20. The van der Waals surface area contributed by atoms with Gasteiger partial charge in [0.2, 0.25) is 0 Å². The zero-order valence-corrected chi connectivity index (χ0v) is 18.4. The molecule has 2 fully saturated rings. The fraction of sp³-hybridized carbons (Fsp3) is 0.636. The van der Waals surface area contributed by atoms with Gasteiger partial charge in [-0.05, 0) is 32.8 Å². The van der Waals surface area contributed by atoms with Crippen molar-refractivity contribution in [3.8, 4) is 5.75 Å². The lowest BCUT2D eigenvalue weighted by atomic mass is 10.1. The minimum absolute atomic E-state index is 0.387. The molecule has 0 aromatic carbocycles. The van der Waals surface area contributed by atoms with E-state index >= 15 is 0 Å². The molecule has 0 saturated carbocycles. The molecule has 0 bridgehead atoms. The number of hydrogen-bond donors (Lipinski definition) is 0. The van der Waals surface area contributed by atoms with Gasteiger partial charge < -0.3 is 19.1 Å². The number of aliphatic imine (C=N–C) groups is 1. The van der Waals surface area contributed by atoms with Crippen molar-refractivity contribution in [1.29, 1.82) is 0 Å². The standard InChI is InChI=1S/C22H31N3O3S/c1-4-15(3)24-20(5-2)29-19-6-7-23-22-21(19)28-14-18-8-16(9-25(18)22)10-26-11-17-12-27-13-17/h5-7,16-18H,4,8-14H2,1-3H3/b20-5+,24-15+. The topological polar surface area (TPSA) is 56.2 Å². The van der Waals surface area contributed by atoms with Crippen LogP contribution in [0.1, 0.15) is 33.6 Å². The molecule has 3 aliphatic rings. The molecule has 158 valence electrons. The number of aromatic nitrogens is 1. The van der Waals surface area contributed by atoms with E-state index in [1.807, 2.05) is 19.2 Å². The highest BCUT2D eigenvalue weighted by molar-refractivity contribution is 8.03. The zero-order chi connectivity index (χ0) is 20.2. The fourth-order valence-electron chi connectivity index (χ4n) is 3.88. The van der Waals surface area contributed by atoms with Crippen LogP contribution in [-0.2, 0) is 9.47 Å². The highest BCUT2D eigenvalue weighted by Crippen LogP contribution is 2.45. The SMILES string of the molecule is C/C=C(\N=C(/C)CC)Sc1ccnc2c1OCC1CC(COCC3COC3)CN21. The summed E-state index contributed by atoms with van der Waals surface area (Å²) in [6.07, 6.45) is 5.99. The molecule has 6 nitrogen and oxygen atoms in total. The Bertz CT molecular complexity index is 779. The van der Waals surface area contributed by atoms with Crippen molar-refractivity contribution in [3.05, 3.63) is 23.4 Å². The lowest BCUT2D eigenvalue weighted by Gasteiger charge is -2.33. The molecule has 2 saturated heterocycles. The van der Waals surface area contributed by atoms with Crippen LogP contribution in [0.15, 0.2) is 33.3 Å². The molecule has 3 aliphatic heterocycles. The number of ether oxygens (including phenoxy) is 3. The van der Waals surface area contributed by atoms with Crippen LogP contribution in [0.2, 0.25) is 0 Å². The van der Waals surface area contributed by atoms with Crippen molar-refractivity contribution < 1.29 is 14.2 Å². The highest BCUT2D eigenvalue weighted by Gasteiger charge is 2.39. The fourth-order valence-corrected chi connectivity index (χ4v) is 4.80. The molecule has 0 N–H and O–H groups in total. The van der Waals surface area contributed by atoms with Crippen LogP contribution in [0.5, 0.6) is 5.75 Å². The first-order chi connectivity index (χ1) is 14.2. The van der Waals surface area contributed by atoms with E-state index in [1.165, 1.54) is 0 Å². The van der Waals surface area contributed by atoms with Gasteiger partial charge in [0.15, 0.2) is 11.6 Å². The van der Waals surface area contributed by atoms with Crippen molar-refractivity contribution in [2.24, 2.45) is 16.8 Å². The number of rotatable bonds is 8. The van der Waals surface area contributed by atoms with E-state index in [0.29, 0.717) is 24.5 Å². The first kappa shape index (κ1) is 20.7. The summed E-state index contributed by atoms with van der Waals surface area (Å²) in [7, 11) is 0. The Morgan fingerprint density at radius 3 is 2.90 bits per heavy atom. The maximum Gasteiger partial charge on any atom is 0.175 e. The van der Waals surface area contributed by atoms with Crippen molar-refractivity contribution in [2.75, 3.05) is 44.5 Å². The average molecular weight is 418 g/mol. The average Bonchev–Trinajstić information content (AvgIpc) is 3.12. The van der Waals surface area contributed by atoms with E-state index in [4.69, 9.17) is 19.2 Å². The molecule has 29 heavy (non-hydrogen) atoms. The smallest absolute Gasteiger partial charge is 0.175 e. The molecule has 2 unspecified atom stereocenters. The van der Waals surface area contributed by atoms with Crippen molar-refractivity contribution in [3.63, 3.8) is 0 Å². The number of allylic oxidation sites excluding steroid dienone is 1. The first-order valence-electron chi connectivity index (χ1n) is 10.6. The number of thioether (sulfide) groups is 1. The van der Waals surface area contributed by atoms with Gasteiger partial charge in [0.1, 0.15) is 6.61 Å². The Hall–Kier alpha value is -1.57. The van der Waals surface area contributed by atoms with E-state index in [0.717, 1.165) is 73.0 Å². The lowest BCUT2D eigenvalue weighted by Crippen LogP contribution is -2.39. The number of nitrogens with zero attached hydrogens (tertiary/aromatic N) is 3. The van der Waals surface area contributed by atoms with Crippen LogP contribution in [-0.4, -0.2) is 56.3 Å². The molecule has 0 spiro atoms. The van der Waals surface area contributed by atoms with Gasteiger partial charge in [-0.25, -0.2) is 4.98 Å². The third kappa shape index (κ3) is 4.78. The van der Waals surface area contributed by atoms with E-state index in [9.17, 15) is 0 Å². The molecule has 2 atom stereocenters. The predicted molar refractivity (Wildman–Crippen MR) is 117 cm³/mol. The van der Waals surface area contributed by atoms with Gasteiger partial charge in [0, 0.05) is 30.3 Å². The Labute approximate surface area is 177 Å². The summed E-state index contributed by atoms with van der Waals surface area (Å²) in [6.45, 7) is 11.2. The molecule has 0 radical (unpaired) electrons. The molecule has 1 aromatic heterocycles. The van der Waals surface area contributed by atoms with Crippen molar-refractivity contribution in [1.82, 2.24) is 4.98 Å². The molecular weight excluding hydrogens is 386 g/mol. The molecule has 7 heteroatoms. The summed E-state index contributed by atoms with van der Waals surface area (Å²) in [5, 5.41) is 0.996. The Balaban J connectivity index is 1.42. The lowest BCUT2D eigenvalue weighted by molar-refractivity contribution is -0.0749. The van der Waals surface area contributed by atoms with Crippen LogP contribution in [0.3, 0.4) is 0 Å². The molecule has 0 aliphatic carbocycles. The van der Waals surface area contributed by atoms with Gasteiger partial charge in [-0.1, -0.05) is 24.8 Å². The van der Waals surface area contributed by atoms with Gasteiger partial charge >= 0.3 is 0 Å². The van der Waals surface area contributed by atoms with Crippen LogP contribution in [0.25, 0.3) is 0 Å². The second kappa shape index (κ2) is 9.49. The normalized spacial score (nSPS) is 24.7. The van der Waals surface area contributed by atoms with Crippen LogP contribution >= 0.6 is 11.8 Å². The van der Waals surface area contributed by atoms with Crippen LogP contribution in [0, 0.1) is 11.8 Å². The summed E-state index contributed by atoms with van der Waals surface area (Å²) in [4.78, 5) is 12.9. The molecule has 0 amide bonds. The highest BCUT2D eigenvalue weighted by atomic mass is 32.2. The van der Waals surface area contributed by atoms with E-state index in [-0.39, 0.29) is 0 Å². The van der Waals surface area contributed by atoms with Gasteiger partial charge in [0.05, 0.1) is 42.4 Å². The minimum atomic E-state index is 0.387. The molecule has 4 heterocycles. The number of fused-ring (bicyclic) bond motifs is 3. The second-order valence-corrected chi connectivity index (χ2v) is 9.11. The van der Waals surface area contributed by atoms with Crippen LogP contribution < -0.4 is 9.64 Å². The van der Waals surface area contributed by atoms with E-state index < -0.39 is 0 Å². The predicted octanol–water partition coefficient (Wildman–Crippen LogP) is 4.16. The largest absolute Gasteiger partial charge is 0.486 e. The van der Waals surface area contributed by atoms with Crippen molar-refractivity contribution in [2.45, 2.75) is 44.6 Å². The van der Waals surface area contributed by atoms with Gasteiger partial charge in [-0.2, -0.15) is 0 Å². The third-order valence-electron chi connectivity index (χ3n) is 5.73. The third-order valence-corrected chi connectivity index (χ3v) is 6.81. The van der Waals surface area contributed by atoms with Crippen LogP contribution in [0.4, 0.5) is 5.82 Å². The summed E-state index contributed by atoms with van der Waals surface area (Å²) in [5.74, 6) is 2.97. The number of pyridine rings is 1. The maximum atomic E-state index is 6.20. The quantitative estimate of drug-likeness (QED) is 0.468. The molecular formula is C22H31N3O3S. The molecule has 1 aromatic rings. The van der Waals surface area contributed by atoms with Gasteiger partial charge in [-0.15, -0.1) is 0 Å². The number of hydrogen-bond acceptors (Lipinski definition) is 7. The summed E-state index contributed by atoms with van der Waals surface area (Å²) >= 11 is 1.65. The Morgan fingerprint density at radius 1 is 1.34 bits per heavy atom. The number of anilines is 1. The van der Waals surface area contributed by atoms with Gasteiger partial charge in [-0.3, -0.25) is 4.99 Å². The van der Waals surface area contributed by atoms with E-state index in [1.54, 1.807) is 11.8 Å². The minimum Gasteiger partial charge on any atom is -0.486 e. The first-order valence-corrected chi connectivity index (χ1v) is 11.4. The summed E-state index contributed by atoms with van der Waals surface area (Å²) < 4.78 is 17.4. The summed E-state index contributed by atoms with van der Waals surface area (Å²) in [6, 6.07) is 2.42.